The Morgan fingerprint density at radius 2 is 2.31 bits per heavy atom. The van der Waals surface area contributed by atoms with Crippen LogP contribution in [-0.2, 0) is 4.79 Å². The van der Waals surface area contributed by atoms with E-state index in [2.05, 4.69) is 12.1 Å². The second-order valence-corrected chi connectivity index (χ2v) is 5.21. The smallest absolute Gasteiger partial charge is 0.224 e. The van der Waals surface area contributed by atoms with Crippen LogP contribution in [0.3, 0.4) is 0 Å². The van der Waals surface area contributed by atoms with E-state index in [-0.39, 0.29) is 11.3 Å². The molecule has 3 aliphatic rings. The van der Waals surface area contributed by atoms with Crippen LogP contribution in [0.2, 0.25) is 0 Å². The van der Waals surface area contributed by atoms with E-state index >= 15 is 0 Å². The van der Waals surface area contributed by atoms with Crippen LogP contribution in [0.1, 0.15) is 29.4 Å². The van der Waals surface area contributed by atoms with Gasteiger partial charge < -0.3 is 10.5 Å². The largest absolute Gasteiger partial charge is 0.497 e. The molecule has 1 aromatic rings. The van der Waals surface area contributed by atoms with Crippen molar-refractivity contribution in [1.29, 1.82) is 0 Å². The number of carbonyl (C=O) groups is 1. The highest BCUT2D eigenvalue weighted by molar-refractivity contribution is 5.91. The summed E-state index contributed by atoms with van der Waals surface area (Å²) >= 11 is 0. The van der Waals surface area contributed by atoms with Crippen molar-refractivity contribution in [3.05, 3.63) is 29.3 Å². The molecule has 4 unspecified atom stereocenters. The summed E-state index contributed by atoms with van der Waals surface area (Å²) in [6, 6.07) is 6.21. The zero-order valence-corrected chi connectivity index (χ0v) is 9.07. The van der Waals surface area contributed by atoms with Crippen LogP contribution in [0.15, 0.2) is 18.2 Å². The maximum absolute atomic E-state index is 11.5. The van der Waals surface area contributed by atoms with Crippen molar-refractivity contribution in [1.82, 2.24) is 0 Å². The first-order valence-electron chi connectivity index (χ1n) is 5.68. The fourth-order valence-electron chi connectivity index (χ4n) is 4.13. The summed E-state index contributed by atoms with van der Waals surface area (Å²) in [6.45, 7) is 0. The highest BCUT2D eigenvalue weighted by atomic mass is 16.5. The van der Waals surface area contributed by atoms with E-state index in [0.717, 1.165) is 12.2 Å². The lowest BCUT2D eigenvalue weighted by Gasteiger charge is -2.35. The number of hydrogen-bond donors (Lipinski definition) is 1. The van der Waals surface area contributed by atoms with Crippen LogP contribution in [0.4, 0.5) is 0 Å². The zero-order valence-electron chi connectivity index (χ0n) is 9.07. The van der Waals surface area contributed by atoms with Crippen LogP contribution in [0.5, 0.6) is 5.75 Å². The fraction of sp³-hybridized carbons (Fsp3) is 0.462. The quantitative estimate of drug-likeness (QED) is 0.810. The second kappa shape index (κ2) is 2.26. The summed E-state index contributed by atoms with van der Waals surface area (Å²) in [5, 5.41) is 0. The van der Waals surface area contributed by atoms with Gasteiger partial charge >= 0.3 is 0 Å². The third-order valence-corrected chi connectivity index (χ3v) is 4.88. The minimum atomic E-state index is -0.160. The molecule has 4 rings (SSSR count). The average molecular weight is 215 g/mol. The predicted molar refractivity (Wildman–Crippen MR) is 58.2 cm³/mol. The third-order valence-electron chi connectivity index (χ3n) is 4.88. The Morgan fingerprint density at radius 3 is 3.00 bits per heavy atom. The topological polar surface area (TPSA) is 52.3 Å². The molecule has 4 atom stereocenters. The van der Waals surface area contributed by atoms with Crippen molar-refractivity contribution in [2.24, 2.45) is 17.1 Å². The third kappa shape index (κ3) is 0.647. The van der Waals surface area contributed by atoms with Crippen LogP contribution in [0.25, 0.3) is 0 Å². The molecule has 0 spiro atoms. The Bertz CT molecular complexity index is 525. The van der Waals surface area contributed by atoms with Crippen molar-refractivity contribution in [3.63, 3.8) is 0 Å². The number of hydrogen-bond acceptors (Lipinski definition) is 2. The molecule has 0 saturated heterocycles. The first kappa shape index (κ1) is 8.62. The lowest BCUT2D eigenvalue weighted by molar-refractivity contribution is -0.126. The number of primary amides is 1. The molecule has 0 aliphatic heterocycles. The molecule has 16 heavy (non-hydrogen) atoms. The monoisotopic (exact) mass is 215 g/mol. The number of rotatable bonds is 2. The van der Waals surface area contributed by atoms with Crippen molar-refractivity contribution >= 4 is 5.91 Å². The number of nitrogens with two attached hydrogens (primary N) is 1. The zero-order chi connectivity index (χ0) is 11.1. The molecular weight excluding hydrogens is 202 g/mol. The van der Waals surface area contributed by atoms with Crippen LogP contribution in [0, 0.1) is 11.3 Å². The van der Waals surface area contributed by atoms with Crippen molar-refractivity contribution in [2.75, 3.05) is 7.11 Å². The highest BCUT2D eigenvalue weighted by Gasteiger charge is 2.82. The molecule has 1 aromatic carbocycles. The molecule has 0 heterocycles. The van der Waals surface area contributed by atoms with Gasteiger partial charge in [0, 0.05) is 5.92 Å². The summed E-state index contributed by atoms with van der Waals surface area (Å²) < 4.78 is 5.24. The minimum Gasteiger partial charge on any atom is -0.497 e. The molecule has 2 N–H and O–H groups in total. The molecule has 2 fully saturated rings. The van der Waals surface area contributed by atoms with Gasteiger partial charge in [0.05, 0.1) is 12.5 Å². The average Bonchev–Trinajstić information content (AvgIpc) is 2.68. The van der Waals surface area contributed by atoms with E-state index in [4.69, 9.17) is 10.5 Å². The van der Waals surface area contributed by atoms with Gasteiger partial charge in [-0.1, -0.05) is 6.07 Å². The molecule has 0 bridgehead atoms. The number of benzene rings is 1. The lowest BCUT2D eigenvalue weighted by Crippen LogP contribution is -2.38. The van der Waals surface area contributed by atoms with Crippen LogP contribution < -0.4 is 10.5 Å². The maximum atomic E-state index is 11.5. The molecular formula is C13H13NO2. The van der Waals surface area contributed by atoms with Gasteiger partial charge in [-0.25, -0.2) is 0 Å². The Morgan fingerprint density at radius 1 is 1.50 bits per heavy atom. The number of amides is 1. The highest BCUT2D eigenvalue weighted by Crippen LogP contribution is 2.86. The Labute approximate surface area is 93.6 Å². The minimum absolute atomic E-state index is 0.0970. The Balaban J connectivity index is 1.82. The molecule has 1 amide bonds. The van der Waals surface area contributed by atoms with E-state index in [1.54, 1.807) is 7.11 Å². The van der Waals surface area contributed by atoms with E-state index in [1.165, 1.54) is 11.1 Å². The summed E-state index contributed by atoms with van der Waals surface area (Å²) in [5.74, 6) is 2.29. The normalized spacial score (nSPS) is 40.7. The summed E-state index contributed by atoms with van der Waals surface area (Å²) in [4.78, 5) is 11.5. The van der Waals surface area contributed by atoms with Gasteiger partial charge in [-0.3, -0.25) is 4.79 Å². The van der Waals surface area contributed by atoms with E-state index in [1.807, 2.05) is 6.07 Å². The van der Waals surface area contributed by atoms with Gasteiger partial charge in [0.2, 0.25) is 5.91 Å². The first-order valence-corrected chi connectivity index (χ1v) is 5.68. The van der Waals surface area contributed by atoms with Gasteiger partial charge in [-0.2, -0.15) is 0 Å². The van der Waals surface area contributed by atoms with Gasteiger partial charge in [-0.15, -0.1) is 0 Å². The number of methoxy groups -OCH3 is 1. The summed E-state index contributed by atoms with van der Waals surface area (Å²) in [6.07, 6.45) is 0.956. The summed E-state index contributed by atoms with van der Waals surface area (Å²) in [5.41, 5.74) is 8.07. The standard InChI is InChI=1S/C13H13NO2/c1-16-6-2-3-7-8(4-6)9-5-13(12(14)15)10(7)11(9)13/h2-4,9-11H,5H2,1H3,(H2,14,15). The molecule has 82 valence electrons. The molecule has 3 nitrogen and oxygen atoms in total. The van der Waals surface area contributed by atoms with Crippen molar-refractivity contribution in [3.8, 4) is 5.75 Å². The fourth-order valence-corrected chi connectivity index (χ4v) is 4.13. The summed E-state index contributed by atoms with van der Waals surface area (Å²) in [7, 11) is 1.69. The molecule has 0 radical (unpaired) electrons. The van der Waals surface area contributed by atoms with E-state index in [9.17, 15) is 4.79 Å². The van der Waals surface area contributed by atoms with Crippen LogP contribution in [-0.4, -0.2) is 13.0 Å². The van der Waals surface area contributed by atoms with Crippen molar-refractivity contribution < 1.29 is 9.53 Å². The van der Waals surface area contributed by atoms with Gasteiger partial charge in [0.15, 0.2) is 0 Å². The SMILES string of the molecule is COc1ccc2c(c1)C1CC3(C(N)=O)C2C13. The Kier molecular flexibility index (Phi) is 1.22. The van der Waals surface area contributed by atoms with E-state index in [0.29, 0.717) is 17.8 Å². The Hall–Kier alpha value is -1.51. The van der Waals surface area contributed by atoms with Gasteiger partial charge in [0.1, 0.15) is 5.75 Å². The number of ether oxygens (including phenoxy) is 1. The predicted octanol–water partition coefficient (Wildman–Crippen LogP) is 1.38. The number of carbonyl (C=O) groups excluding carboxylic acids is 1. The van der Waals surface area contributed by atoms with Crippen molar-refractivity contribution in [2.45, 2.75) is 18.3 Å². The van der Waals surface area contributed by atoms with Gasteiger partial charge in [-0.05, 0) is 41.5 Å². The first-order chi connectivity index (χ1) is 7.70. The molecule has 0 aromatic heterocycles. The van der Waals surface area contributed by atoms with Gasteiger partial charge in [0.25, 0.3) is 0 Å². The van der Waals surface area contributed by atoms with Crippen LogP contribution >= 0.6 is 0 Å². The molecule has 3 heteroatoms. The maximum Gasteiger partial charge on any atom is 0.224 e. The second-order valence-electron chi connectivity index (χ2n) is 5.21. The molecule has 3 aliphatic carbocycles. The lowest BCUT2D eigenvalue weighted by atomic mass is 9.68. The number of fused-ring (bicyclic) bond motifs is 4. The van der Waals surface area contributed by atoms with E-state index < -0.39 is 0 Å². The molecule has 2 saturated carbocycles.